The van der Waals surface area contributed by atoms with Crippen molar-refractivity contribution < 1.29 is 12.9 Å². The van der Waals surface area contributed by atoms with Crippen molar-refractivity contribution >= 4 is 33.0 Å². The van der Waals surface area contributed by atoms with Gasteiger partial charge in [-0.2, -0.15) is 9.29 Å². The fraction of sp³-hybridized carbons (Fsp3) is 0.400. The molecule has 154 valence electrons. The van der Waals surface area contributed by atoms with Crippen molar-refractivity contribution in [3.8, 4) is 22.2 Å². The number of sulfonamides is 1. The van der Waals surface area contributed by atoms with Gasteiger partial charge in [0.15, 0.2) is 0 Å². The average Bonchev–Trinajstić information content (AvgIpc) is 3.36. The summed E-state index contributed by atoms with van der Waals surface area (Å²) >= 11 is 7.27. The number of benzene rings is 1. The minimum absolute atomic E-state index is 0.0661. The van der Waals surface area contributed by atoms with E-state index >= 15 is 0 Å². The van der Waals surface area contributed by atoms with E-state index in [1.807, 2.05) is 19.1 Å². The highest BCUT2D eigenvalue weighted by atomic mass is 35.5. The summed E-state index contributed by atoms with van der Waals surface area (Å²) in [5, 5.41) is 4.65. The molecule has 1 saturated carbocycles. The number of aryl methyl sites for hydroxylation is 1. The Morgan fingerprint density at radius 3 is 2.55 bits per heavy atom. The van der Waals surface area contributed by atoms with Gasteiger partial charge in [-0.15, -0.1) is 11.3 Å². The summed E-state index contributed by atoms with van der Waals surface area (Å²) in [6, 6.07) is 8.85. The molecule has 9 heteroatoms. The molecule has 0 atom stereocenters. The third kappa shape index (κ3) is 4.12. The van der Waals surface area contributed by atoms with Gasteiger partial charge in [-0.1, -0.05) is 36.0 Å². The fourth-order valence-electron chi connectivity index (χ4n) is 3.66. The van der Waals surface area contributed by atoms with Crippen molar-refractivity contribution in [1.29, 1.82) is 0 Å². The van der Waals surface area contributed by atoms with E-state index in [2.05, 4.69) is 10.1 Å². The number of thiophene rings is 1. The van der Waals surface area contributed by atoms with Crippen LogP contribution in [0.1, 0.15) is 37.0 Å². The highest BCUT2D eigenvalue weighted by Crippen LogP contribution is 2.36. The van der Waals surface area contributed by atoms with Gasteiger partial charge in [0, 0.05) is 28.6 Å². The molecule has 0 unspecified atom stereocenters. The summed E-state index contributed by atoms with van der Waals surface area (Å²) in [5.41, 5.74) is 0.780. The van der Waals surface area contributed by atoms with Crippen LogP contribution >= 0.6 is 22.9 Å². The van der Waals surface area contributed by atoms with Gasteiger partial charge < -0.3 is 4.52 Å². The van der Waals surface area contributed by atoms with Crippen LogP contribution in [0.5, 0.6) is 0 Å². The Morgan fingerprint density at radius 1 is 1.17 bits per heavy atom. The van der Waals surface area contributed by atoms with E-state index < -0.39 is 10.0 Å². The van der Waals surface area contributed by atoms with Crippen LogP contribution in [0.2, 0.25) is 5.02 Å². The van der Waals surface area contributed by atoms with Gasteiger partial charge in [0.2, 0.25) is 15.8 Å². The molecule has 0 spiro atoms. The van der Waals surface area contributed by atoms with Gasteiger partial charge in [-0.05, 0) is 50.1 Å². The predicted molar refractivity (Wildman–Crippen MR) is 115 cm³/mol. The number of rotatable bonds is 5. The van der Waals surface area contributed by atoms with Crippen LogP contribution in [0.3, 0.4) is 0 Å². The van der Waals surface area contributed by atoms with Crippen molar-refractivity contribution in [2.24, 2.45) is 0 Å². The second-order valence-electron chi connectivity index (χ2n) is 7.27. The lowest BCUT2D eigenvalue weighted by molar-refractivity contribution is 0.286. The second kappa shape index (κ2) is 8.18. The maximum Gasteiger partial charge on any atom is 0.268 e. The van der Waals surface area contributed by atoms with Crippen LogP contribution in [0.25, 0.3) is 22.2 Å². The van der Waals surface area contributed by atoms with E-state index in [0.717, 1.165) is 31.2 Å². The van der Waals surface area contributed by atoms with Crippen LogP contribution < -0.4 is 0 Å². The molecule has 4 rings (SSSR count). The molecule has 1 fully saturated rings. The Balaban J connectivity index is 1.62. The SMILES string of the molecule is Cc1sc(-c2nc(-c3ccc(Cl)cc3)no2)cc1S(=O)(=O)N(C)C1CCCCC1. The molecule has 0 aliphatic heterocycles. The van der Waals surface area contributed by atoms with Crippen molar-refractivity contribution in [1.82, 2.24) is 14.4 Å². The van der Waals surface area contributed by atoms with Crippen LogP contribution in [-0.4, -0.2) is 36.0 Å². The fourth-order valence-corrected chi connectivity index (χ4v) is 6.68. The van der Waals surface area contributed by atoms with E-state index in [-0.39, 0.29) is 6.04 Å². The lowest BCUT2D eigenvalue weighted by atomic mass is 9.96. The third-order valence-corrected chi connectivity index (χ3v) is 8.81. The summed E-state index contributed by atoms with van der Waals surface area (Å²) in [7, 11) is -1.88. The Bertz CT molecular complexity index is 1100. The zero-order chi connectivity index (χ0) is 20.6. The average molecular weight is 452 g/mol. The van der Waals surface area contributed by atoms with E-state index in [0.29, 0.717) is 31.4 Å². The number of halogens is 1. The molecule has 2 aromatic heterocycles. The minimum atomic E-state index is -3.57. The molecule has 0 radical (unpaired) electrons. The number of aromatic nitrogens is 2. The highest BCUT2D eigenvalue weighted by molar-refractivity contribution is 7.89. The molecular formula is C20H22ClN3O3S2. The lowest BCUT2D eigenvalue weighted by Crippen LogP contribution is -2.38. The van der Waals surface area contributed by atoms with E-state index in [1.54, 1.807) is 25.2 Å². The van der Waals surface area contributed by atoms with E-state index in [4.69, 9.17) is 16.1 Å². The molecule has 29 heavy (non-hydrogen) atoms. The zero-order valence-corrected chi connectivity index (χ0v) is 18.6. The van der Waals surface area contributed by atoms with Crippen molar-refractivity contribution in [2.45, 2.75) is 50.0 Å². The number of nitrogens with zero attached hydrogens (tertiary/aromatic N) is 3. The molecular weight excluding hydrogens is 430 g/mol. The van der Waals surface area contributed by atoms with Crippen molar-refractivity contribution in [3.05, 3.63) is 40.2 Å². The normalized spacial score (nSPS) is 15.9. The summed E-state index contributed by atoms with van der Waals surface area (Å²) < 4.78 is 33.4. The lowest BCUT2D eigenvalue weighted by Gasteiger charge is -2.30. The molecule has 0 bridgehead atoms. The maximum atomic E-state index is 13.2. The first kappa shape index (κ1) is 20.5. The third-order valence-electron chi connectivity index (χ3n) is 5.36. The smallest absolute Gasteiger partial charge is 0.268 e. The van der Waals surface area contributed by atoms with E-state index in [1.165, 1.54) is 22.1 Å². The monoisotopic (exact) mass is 451 g/mol. The predicted octanol–water partition coefficient (Wildman–Crippen LogP) is 5.38. The Hall–Kier alpha value is -1.74. The van der Waals surface area contributed by atoms with Gasteiger partial charge in [-0.3, -0.25) is 0 Å². The molecule has 3 aromatic rings. The van der Waals surface area contributed by atoms with Crippen LogP contribution in [0.4, 0.5) is 0 Å². The van der Waals surface area contributed by atoms with Crippen LogP contribution in [0, 0.1) is 6.92 Å². The van der Waals surface area contributed by atoms with Gasteiger partial charge >= 0.3 is 0 Å². The molecule has 0 N–H and O–H groups in total. The van der Waals surface area contributed by atoms with Gasteiger partial charge in [0.1, 0.15) is 0 Å². The van der Waals surface area contributed by atoms with Crippen molar-refractivity contribution in [3.63, 3.8) is 0 Å². The molecule has 6 nitrogen and oxygen atoms in total. The van der Waals surface area contributed by atoms with E-state index in [9.17, 15) is 8.42 Å². The standard InChI is InChI=1S/C20H22ClN3O3S2/c1-13-18(29(25,26)24(2)16-6-4-3-5-7-16)12-17(28-13)20-22-19(23-27-20)14-8-10-15(21)11-9-14/h8-12,16H,3-7H2,1-2H3. The van der Waals surface area contributed by atoms with Crippen LogP contribution in [-0.2, 0) is 10.0 Å². The summed E-state index contributed by atoms with van der Waals surface area (Å²) in [5.74, 6) is 0.747. The Kier molecular flexibility index (Phi) is 5.79. The van der Waals surface area contributed by atoms with Crippen LogP contribution in [0.15, 0.2) is 39.8 Å². The minimum Gasteiger partial charge on any atom is -0.333 e. The highest BCUT2D eigenvalue weighted by Gasteiger charge is 2.32. The quantitative estimate of drug-likeness (QED) is 0.520. The number of hydrogen-bond acceptors (Lipinski definition) is 6. The second-order valence-corrected chi connectivity index (χ2v) is 10.9. The number of hydrogen-bond donors (Lipinski definition) is 0. The van der Waals surface area contributed by atoms with Crippen molar-refractivity contribution in [2.75, 3.05) is 7.05 Å². The maximum absolute atomic E-state index is 13.2. The summed E-state index contributed by atoms with van der Waals surface area (Å²) in [4.78, 5) is 6.11. The molecule has 0 amide bonds. The Morgan fingerprint density at radius 2 is 1.86 bits per heavy atom. The molecule has 0 saturated heterocycles. The molecule has 2 heterocycles. The topological polar surface area (TPSA) is 76.3 Å². The van der Waals surface area contributed by atoms with Gasteiger partial charge in [-0.25, -0.2) is 8.42 Å². The first-order valence-electron chi connectivity index (χ1n) is 9.55. The van der Waals surface area contributed by atoms with Gasteiger partial charge in [0.05, 0.1) is 9.77 Å². The largest absolute Gasteiger partial charge is 0.333 e. The van der Waals surface area contributed by atoms with Gasteiger partial charge in [0.25, 0.3) is 5.89 Å². The summed E-state index contributed by atoms with van der Waals surface area (Å²) in [6.07, 6.45) is 5.17. The summed E-state index contributed by atoms with van der Waals surface area (Å²) in [6.45, 7) is 1.81. The first-order chi connectivity index (χ1) is 13.9. The first-order valence-corrected chi connectivity index (χ1v) is 12.2. The molecule has 1 aromatic carbocycles. The Labute approximate surface area is 179 Å². The molecule has 1 aliphatic carbocycles. The molecule has 1 aliphatic rings. The zero-order valence-electron chi connectivity index (χ0n) is 16.3.